The van der Waals surface area contributed by atoms with Gasteiger partial charge in [-0.25, -0.2) is 4.79 Å². The van der Waals surface area contributed by atoms with E-state index in [4.69, 9.17) is 8.83 Å². The van der Waals surface area contributed by atoms with Crippen LogP contribution in [0.15, 0.2) is 74.5 Å². The molecular weight excluding hydrogens is 324 g/mol. The van der Waals surface area contributed by atoms with Gasteiger partial charge >= 0.3 is 5.63 Å². The quantitative estimate of drug-likeness (QED) is 0.353. The number of aryl methyl sites for hydroxylation is 2. The number of hydrogen-bond acceptors (Lipinski definition) is 3. The monoisotopic (exact) mass is 340 g/mol. The maximum absolute atomic E-state index is 11.7. The fraction of sp³-hybridized carbons (Fsp3) is 0.0870. The van der Waals surface area contributed by atoms with Crippen LogP contribution in [-0.4, -0.2) is 0 Å². The highest BCUT2D eigenvalue weighted by Crippen LogP contribution is 2.38. The summed E-state index contributed by atoms with van der Waals surface area (Å²) in [5.41, 5.74) is 5.05. The third-order valence-corrected chi connectivity index (χ3v) is 5.01. The van der Waals surface area contributed by atoms with Crippen LogP contribution in [0.4, 0.5) is 0 Å². The molecule has 0 unspecified atom stereocenters. The van der Waals surface area contributed by atoms with Crippen molar-refractivity contribution in [3.63, 3.8) is 0 Å². The molecule has 0 atom stereocenters. The zero-order valence-electron chi connectivity index (χ0n) is 14.5. The zero-order valence-corrected chi connectivity index (χ0v) is 14.5. The van der Waals surface area contributed by atoms with E-state index in [0.717, 1.165) is 38.6 Å². The van der Waals surface area contributed by atoms with Crippen molar-refractivity contribution in [2.45, 2.75) is 13.8 Å². The highest BCUT2D eigenvalue weighted by Gasteiger charge is 2.17. The van der Waals surface area contributed by atoms with Crippen LogP contribution >= 0.6 is 0 Å². The van der Waals surface area contributed by atoms with Crippen LogP contribution in [0.5, 0.6) is 0 Å². The van der Waals surface area contributed by atoms with Crippen molar-refractivity contribution in [2.24, 2.45) is 0 Å². The molecule has 0 bridgehead atoms. The van der Waals surface area contributed by atoms with Gasteiger partial charge in [0.15, 0.2) is 0 Å². The Balaban J connectivity index is 1.86. The maximum Gasteiger partial charge on any atom is 0.336 e. The van der Waals surface area contributed by atoms with Gasteiger partial charge in [-0.3, -0.25) is 0 Å². The number of fused-ring (bicyclic) bond motifs is 4. The van der Waals surface area contributed by atoms with Gasteiger partial charge in [-0.15, -0.1) is 0 Å². The van der Waals surface area contributed by atoms with Crippen LogP contribution in [0.3, 0.4) is 0 Å². The minimum atomic E-state index is -0.338. The van der Waals surface area contributed by atoms with E-state index in [-0.39, 0.29) is 5.63 Å². The average molecular weight is 340 g/mol. The summed E-state index contributed by atoms with van der Waals surface area (Å²) in [5, 5.41) is 4.32. The Morgan fingerprint density at radius 1 is 0.808 bits per heavy atom. The first-order valence-corrected chi connectivity index (χ1v) is 8.56. The van der Waals surface area contributed by atoms with Crippen LogP contribution < -0.4 is 5.63 Å². The molecule has 26 heavy (non-hydrogen) atoms. The molecule has 2 heterocycles. The smallest absolute Gasteiger partial charge is 0.336 e. The van der Waals surface area contributed by atoms with Gasteiger partial charge in [0, 0.05) is 17.0 Å². The predicted octanol–water partition coefficient (Wildman–Crippen LogP) is 5.98. The van der Waals surface area contributed by atoms with Crippen LogP contribution in [0.2, 0.25) is 0 Å². The second-order valence-electron chi connectivity index (χ2n) is 6.73. The van der Waals surface area contributed by atoms with Crippen LogP contribution in [0.1, 0.15) is 11.1 Å². The van der Waals surface area contributed by atoms with Gasteiger partial charge in [-0.1, -0.05) is 36.4 Å². The highest BCUT2D eigenvalue weighted by molar-refractivity contribution is 6.11. The molecule has 2 aromatic heterocycles. The third kappa shape index (κ3) is 2.10. The van der Waals surface area contributed by atoms with E-state index in [1.165, 1.54) is 16.8 Å². The molecule has 0 N–H and O–H groups in total. The third-order valence-electron chi connectivity index (χ3n) is 5.01. The summed E-state index contributed by atoms with van der Waals surface area (Å²) >= 11 is 0. The summed E-state index contributed by atoms with van der Waals surface area (Å²) in [6.07, 6.45) is 1.80. The first-order chi connectivity index (χ1) is 12.6. The van der Waals surface area contributed by atoms with Gasteiger partial charge in [0.25, 0.3) is 0 Å². The lowest BCUT2D eigenvalue weighted by Crippen LogP contribution is -1.98. The summed E-state index contributed by atoms with van der Waals surface area (Å²) in [6, 6.07) is 18.2. The first-order valence-electron chi connectivity index (χ1n) is 8.56. The van der Waals surface area contributed by atoms with E-state index in [1.54, 1.807) is 6.26 Å². The molecule has 0 saturated heterocycles. The van der Waals surface area contributed by atoms with Crippen LogP contribution in [-0.2, 0) is 0 Å². The predicted molar refractivity (Wildman–Crippen MR) is 105 cm³/mol. The average Bonchev–Trinajstić information content (AvgIpc) is 3.06. The SMILES string of the molecule is Cc1cc2oc(=O)cc(C)c2c2occ(-c3ccc4ccccc4c3)c12. The molecule has 0 radical (unpaired) electrons. The zero-order chi connectivity index (χ0) is 17.8. The summed E-state index contributed by atoms with van der Waals surface area (Å²) in [7, 11) is 0. The topological polar surface area (TPSA) is 43.4 Å². The molecule has 0 amide bonds. The Morgan fingerprint density at radius 2 is 1.58 bits per heavy atom. The Bertz CT molecular complexity index is 1370. The molecule has 0 aliphatic heterocycles. The Kier molecular flexibility index (Phi) is 3.07. The van der Waals surface area contributed by atoms with Gasteiger partial charge in [-0.05, 0) is 53.4 Å². The van der Waals surface area contributed by atoms with Gasteiger partial charge < -0.3 is 8.83 Å². The van der Waals surface area contributed by atoms with Crippen molar-refractivity contribution < 1.29 is 8.83 Å². The number of hydrogen-bond donors (Lipinski definition) is 0. The summed E-state index contributed by atoms with van der Waals surface area (Å²) in [6.45, 7) is 3.93. The molecule has 3 heteroatoms. The standard InChI is InChI=1S/C23H16O3/c1-13-9-19-22(14(2)10-20(24)26-19)23-21(13)18(12-25-23)17-8-7-15-5-3-4-6-16(15)11-17/h3-12H,1-2H3. The van der Waals surface area contributed by atoms with Crippen molar-refractivity contribution >= 4 is 32.7 Å². The lowest BCUT2D eigenvalue weighted by Gasteiger charge is -2.06. The van der Waals surface area contributed by atoms with Crippen molar-refractivity contribution in [1.29, 1.82) is 0 Å². The van der Waals surface area contributed by atoms with Crippen molar-refractivity contribution in [3.8, 4) is 11.1 Å². The minimum Gasteiger partial charge on any atom is -0.463 e. The van der Waals surface area contributed by atoms with E-state index >= 15 is 0 Å². The molecule has 5 aromatic rings. The van der Waals surface area contributed by atoms with E-state index in [1.807, 2.05) is 32.0 Å². The number of rotatable bonds is 1. The van der Waals surface area contributed by atoms with Gasteiger partial charge in [0.1, 0.15) is 11.2 Å². The van der Waals surface area contributed by atoms with Crippen LogP contribution in [0.25, 0.3) is 43.8 Å². The number of benzene rings is 3. The molecule has 126 valence electrons. The molecule has 0 aliphatic rings. The normalized spacial score (nSPS) is 11.6. The highest BCUT2D eigenvalue weighted by atomic mass is 16.4. The summed E-state index contributed by atoms with van der Waals surface area (Å²) < 4.78 is 11.4. The molecule has 0 saturated carbocycles. The molecule has 0 fully saturated rings. The largest absolute Gasteiger partial charge is 0.463 e. The lowest BCUT2D eigenvalue weighted by molar-refractivity contribution is 0.558. The fourth-order valence-corrected chi connectivity index (χ4v) is 3.80. The van der Waals surface area contributed by atoms with E-state index < -0.39 is 0 Å². The van der Waals surface area contributed by atoms with Gasteiger partial charge in [0.05, 0.1) is 11.6 Å². The molecule has 0 spiro atoms. The fourth-order valence-electron chi connectivity index (χ4n) is 3.80. The molecule has 3 aromatic carbocycles. The Labute approximate surface area is 149 Å². The Hall–Kier alpha value is -3.33. The lowest BCUT2D eigenvalue weighted by atomic mass is 9.97. The van der Waals surface area contributed by atoms with Gasteiger partial charge in [0.2, 0.25) is 0 Å². The molecule has 5 rings (SSSR count). The summed E-state index contributed by atoms with van der Waals surface area (Å²) in [4.78, 5) is 11.7. The van der Waals surface area contributed by atoms with Crippen molar-refractivity contribution in [3.05, 3.63) is 82.4 Å². The summed E-state index contributed by atoms with van der Waals surface area (Å²) in [5.74, 6) is 0. The van der Waals surface area contributed by atoms with E-state index in [9.17, 15) is 4.79 Å². The second kappa shape index (κ2) is 5.33. The van der Waals surface area contributed by atoms with Crippen LogP contribution in [0, 0.1) is 13.8 Å². The van der Waals surface area contributed by atoms with E-state index in [2.05, 4.69) is 30.3 Å². The maximum atomic E-state index is 11.7. The van der Waals surface area contributed by atoms with Gasteiger partial charge in [-0.2, -0.15) is 0 Å². The molecular formula is C23H16O3. The molecule has 3 nitrogen and oxygen atoms in total. The first kappa shape index (κ1) is 15.0. The minimum absolute atomic E-state index is 0.338. The van der Waals surface area contributed by atoms with Crippen molar-refractivity contribution in [2.75, 3.05) is 0 Å². The molecule has 0 aliphatic carbocycles. The van der Waals surface area contributed by atoms with Crippen molar-refractivity contribution in [1.82, 2.24) is 0 Å². The van der Waals surface area contributed by atoms with E-state index in [0.29, 0.717) is 5.58 Å². The Morgan fingerprint density at radius 3 is 2.42 bits per heavy atom. The second-order valence-corrected chi connectivity index (χ2v) is 6.73. The number of furan rings is 1.